The van der Waals surface area contributed by atoms with Crippen molar-refractivity contribution in [3.8, 4) is 11.3 Å². The average Bonchev–Trinajstić information content (AvgIpc) is 3.25. The molecule has 30 heavy (non-hydrogen) atoms. The number of rotatable bonds is 6. The Hall–Kier alpha value is -3.58. The highest BCUT2D eigenvalue weighted by atomic mass is 32.1. The Labute approximate surface area is 177 Å². The maximum atomic E-state index is 13.1. The predicted octanol–water partition coefficient (Wildman–Crippen LogP) is 4.05. The first-order chi connectivity index (χ1) is 14.6. The van der Waals surface area contributed by atoms with Gasteiger partial charge in [-0.2, -0.15) is 0 Å². The number of aromatic nitrogens is 3. The maximum Gasteiger partial charge on any atom is 0.261 e. The van der Waals surface area contributed by atoms with E-state index in [0.29, 0.717) is 22.6 Å². The van der Waals surface area contributed by atoms with E-state index in [9.17, 15) is 9.59 Å². The normalized spacial score (nSPS) is 10.8. The summed E-state index contributed by atoms with van der Waals surface area (Å²) in [5.41, 5.74) is 3.13. The minimum atomic E-state index is -0.250. The molecule has 0 unspecified atom stereocenters. The number of hydrogen-bond donors (Lipinski definition) is 0. The number of benzene rings is 2. The van der Waals surface area contributed by atoms with E-state index in [1.807, 2.05) is 54.8 Å². The molecule has 0 fully saturated rings. The molecule has 0 atom stereocenters. The molecule has 6 nitrogen and oxygen atoms in total. The highest BCUT2D eigenvalue weighted by Crippen LogP contribution is 2.27. The zero-order valence-corrected chi connectivity index (χ0v) is 17.3. The smallest absolute Gasteiger partial charge is 0.261 e. The number of carbonyl (C=O) groups is 1. The second-order valence-corrected chi connectivity index (χ2v) is 7.66. The number of fused-ring (bicyclic) bond motifs is 1. The lowest BCUT2D eigenvalue weighted by molar-refractivity contribution is -0.119. The SMILES string of the molecule is C=CCN(C(=O)Cn1cnc2c(C)cccc2c1=O)c1nc(-c2ccccc2)cs1. The molecule has 0 aliphatic rings. The standard InChI is InChI=1S/C23H20N4O2S/c1-3-12-27(23-25-19(14-30-23)17-9-5-4-6-10-17)20(28)13-26-15-24-21-16(2)8-7-11-18(21)22(26)29/h3-11,14-15H,1,12-13H2,2H3. The molecule has 4 rings (SSSR count). The number of nitrogens with zero attached hydrogens (tertiary/aromatic N) is 4. The molecular formula is C23H20N4O2S. The Morgan fingerprint density at radius 3 is 2.77 bits per heavy atom. The quantitative estimate of drug-likeness (QED) is 0.445. The van der Waals surface area contributed by atoms with Crippen molar-refractivity contribution in [2.45, 2.75) is 13.5 Å². The van der Waals surface area contributed by atoms with Gasteiger partial charge in [-0.05, 0) is 18.6 Å². The Morgan fingerprint density at radius 2 is 2.00 bits per heavy atom. The molecule has 0 aliphatic carbocycles. The van der Waals surface area contributed by atoms with E-state index in [0.717, 1.165) is 16.8 Å². The van der Waals surface area contributed by atoms with Crippen molar-refractivity contribution in [3.05, 3.63) is 88.8 Å². The van der Waals surface area contributed by atoms with Crippen molar-refractivity contribution in [3.63, 3.8) is 0 Å². The van der Waals surface area contributed by atoms with Gasteiger partial charge in [0.15, 0.2) is 5.13 Å². The van der Waals surface area contributed by atoms with Gasteiger partial charge in [-0.25, -0.2) is 9.97 Å². The van der Waals surface area contributed by atoms with Crippen LogP contribution in [0.3, 0.4) is 0 Å². The zero-order valence-electron chi connectivity index (χ0n) is 16.5. The maximum absolute atomic E-state index is 13.1. The van der Waals surface area contributed by atoms with Gasteiger partial charge < -0.3 is 0 Å². The highest BCUT2D eigenvalue weighted by molar-refractivity contribution is 7.14. The van der Waals surface area contributed by atoms with Crippen LogP contribution in [0.1, 0.15) is 5.56 Å². The number of hydrogen-bond acceptors (Lipinski definition) is 5. The van der Waals surface area contributed by atoms with Gasteiger partial charge in [-0.15, -0.1) is 17.9 Å². The summed E-state index contributed by atoms with van der Waals surface area (Å²) < 4.78 is 1.34. The van der Waals surface area contributed by atoms with E-state index in [1.54, 1.807) is 12.1 Å². The number of para-hydroxylation sites is 1. The largest absolute Gasteiger partial charge is 0.289 e. The summed E-state index contributed by atoms with van der Waals surface area (Å²) in [6, 6.07) is 15.2. The summed E-state index contributed by atoms with van der Waals surface area (Å²) in [5, 5.41) is 2.98. The molecule has 0 aliphatic heterocycles. The monoisotopic (exact) mass is 416 g/mol. The van der Waals surface area contributed by atoms with Crippen molar-refractivity contribution >= 4 is 33.3 Å². The second-order valence-electron chi connectivity index (χ2n) is 6.82. The molecule has 150 valence electrons. The van der Waals surface area contributed by atoms with Crippen molar-refractivity contribution in [2.24, 2.45) is 0 Å². The van der Waals surface area contributed by atoms with E-state index in [-0.39, 0.29) is 18.0 Å². The fourth-order valence-electron chi connectivity index (χ4n) is 3.23. The van der Waals surface area contributed by atoms with Crippen molar-refractivity contribution in [1.82, 2.24) is 14.5 Å². The van der Waals surface area contributed by atoms with Crippen molar-refractivity contribution in [2.75, 3.05) is 11.4 Å². The highest BCUT2D eigenvalue weighted by Gasteiger charge is 2.20. The van der Waals surface area contributed by atoms with Crippen LogP contribution in [0.15, 0.2) is 77.7 Å². The van der Waals surface area contributed by atoms with Crippen LogP contribution in [0.5, 0.6) is 0 Å². The predicted molar refractivity (Wildman–Crippen MR) is 121 cm³/mol. The molecular weight excluding hydrogens is 396 g/mol. The molecule has 0 bridgehead atoms. The summed E-state index contributed by atoms with van der Waals surface area (Å²) in [4.78, 5) is 36.4. The average molecular weight is 417 g/mol. The van der Waals surface area contributed by atoms with E-state index < -0.39 is 0 Å². The molecule has 0 saturated heterocycles. The molecule has 0 N–H and O–H groups in total. The molecule has 1 amide bonds. The topological polar surface area (TPSA) is 68.1 Å². The molecule has 0 spiro atoms. The minimum Gasteiger partial charge on any atom is -0.289 e. The van der Waals surface area contributed by atoms with Gasteiger partial charge in [0.1, 0.15) is 6.54 Å². The lowest BCUT2D eigenvalue weighted by Crippen LogP contribution is -2.36. The molecule has 0 radical (unpaired) electrons. The second kappa shape index (κ2) is 8.42. The molecule has 4 aromatic rings. The van der Waals surface area contributed by atoms with Gasteiger partial charge in [0.25, 0.3) is 5.56 Å². The van der Waals surface area contributed by atoms with Crippen LogP contribution in [0.2, 0.25) is 0 Å². The van der Waals surface area contributed by atoms with E-state index >= 15 is 0 Å². The first kappa shape index (κ1) is 19.7. The fraction of sp³-hybridized carbons (Fsp3) is 0.130. The van der Waals surface area contributed by atoms with Crippen LogP contribution in [0, 0.1) is 6.92 Å². The molecule has 2 heterocycles. The Kier molecular flexibility index (Phi) is 5.54. The first-order valence-electron chi connectivity index (χ1n) is 9.45. The van der Waals surface area contributed by atoms with Gasteiger partial charge in [-0.3, -0.25) is 19.1 Å². The molecule has 7 heteroatoms. The molecule has 0 saturated carbocycles. The van der Waals surface area contributed by atoms with Crippen LogP contribution < -0.4 is 10.5 Å². The Morgan fingerprint density at radius 1 is 1.20 bits per heavy atom. The van der Waals surface area contributed by atoms with Crippen molar-refractivity contribution < 1.29 is 4.79 Å². The molecule has 2 aromatic heterocycles. The Bertz CT molecular complexity index is 1280. The summed E-state index contributed by atoms with van der Waals surface area (Å²) in [7, 11) is 0. The van der Waals surface area contributed by atoms with Crippen LogP contribution in [-0.2, 0) is 11.3 Å². The number of amides is 1. The lowest BCUT2D eigenvalue weighted by atomic mass is 10.1. The number of aryl methyl sites for hydroxylation is 1. The number of carbonyl (C=O) groups excluding carboxylic acids is 1. The van der Waals surface area contributed by atoms with Crippen molar-refractivity contribution in [1.29, 1.82) is 0 Å². The van der Waals surface area contributed by atoms with Gasteiger partial charge >= 0.3 is 0 Å². The summed E-state index contributed by atoms with van der Waals surface area (Å²) >= 11 is 1.38. The first-order valence-corrected chi connectivity index (χ1v) is 10.3. The van der Waals surface area contributed by atoms with Crippen LogP contribution in [0.4, 0.5) is 5.13 Å². The van der Waals surface area contributed by atoms with Crippen LogP contribution in [0.25, 0.3) is 22.2 Å². The third-order valence-electron chi connectivity index (χ3n) is 4.77. The van der Waals surface area contributed by atoms with Gasteiger partial charge in [0, 0.05) is 17.5 Å². The Balaban J connectivity index is 1.63. The fourth-order valence-corrected chi connectivity index (χ4v) is 4.09. The third kappa shape index (κ3) is 3.79. The van der Waals surface area contributed by atoms with Crippen LogP contribution >= 0.6 is 11.3 Å². The van der Waals surface area contributed by atoms with Gasteiger partial charge in [0.2, 0.25) is 5.91 Å². The minimum absolute atomic E-state index is 0.121. The zero-order chi connectivity index (χ0) is 21.1. The van der Waals surface area contributed by atoms with E-state index in [2.05, 4.69) is 16.5 Å². The van der Waals surface area contributed by atoms with Gasteiger partial charge in [-0.1, -0.05) is 48.5 Å². The number of anilines is 1. The van der Waals surface area contributed by atoms with E-state index in [1.165, 1.54) is 27.1 Å². The van der Waals surface area contributed by atoms with Gasteiger partial charge in [0.05, 0.1) is 22.9 Å². The van der Waals surface area contributed by atoms with E-state index in [4.69, 9.17) is 0 Å². The summed E-state index contributed by atoms with van der Waals surface area (Å²) in [5.74, 6) is -0.250. The number of thiazole rings is 1. The summed E-state index contributed by atoms with van der Waals surface area (Å²) in [6.07, 6.45) is 3.07. The molecule has 2 aromatic carbocycles. The summed E-state index contributed by atoms with van der Waals surface area (Å²) in [6.45, 7) is 5.84. The lowest BCUT2D eigenvalue weighted by Gasteiger charge is -2.18. The third-order valence-corrected chi connectivity index (χ3v) is 5.63. The van der Waals surface area contributed by atoms with Crippen LogP contribution in [-0.4, -0.2) is 27.0 Å².